The Labute approximate surface area is 153 Å². The quantitative estimate of drug-likeness (QED) is 0.804. The zero-order valence-electron chi connectivity index (χ0n) is 15.2. The molecular weight excluding hydrogens is 339 g/mol. The summed E-state index contributed by atoms with van der Waals surface area (Å²) in [5, 5.41) is 0. The molecule has 0 N–H and O–H groups in total. The SMILES string of the molecule is FC(F)(F)c1cccc(N2CCN([C@@H]3CCCN(C4CCC4)C3)CC2)c1. The van der Waals surface area contributed by atoms with Crippen molar-refractivity contribution in [2.24, 2.45) is 0 Å². The summed E-state index contributed by atoms with van der Waals surface area (Å²) in [5.41, 5.74) is 0.139. The lowest BCUT2D eigenvalue weighted by molar-refractivity contribution is -0.137. The molecule has 6 heteroatoms. The van der Waals surface area contributed by atoms with Crippen LogP contribution in [0.1, 0.15) is 37.7 Å². The molecule has 0 unspecified atom stereocenters. The maximum Gasteiger partial charge on any atom is 0.416 e. The van der Waals surface area contributed by atoms with Gasteiger partial charge in [-0.15, -0.1) is 0 Å². The Morgan fingerprint density at radius 2 is 1.54 bits per heavy atom. The minimum absolute atomic E-state index is 0.555. The number of likely N-dealkylation sites (tertiary alicyclic amines) is 1. The van der Waals surface area contributed by atoms with E-state index in [1.54, 1.807) is 6.07 Å². The highest BCUT2D eigenvalue weighted by molar-refractivity contribution is 5.49. The fourth-order valence-corrected chi connectivity index (χ4v) is 4.59. The summed E-state index contributed by atoms with van der Waals surface area (Å²) in [7, 11) is 0. The topological polar surface area (TPSA) is 9.72 Å². The van der Waals surface area contributed by atoms with E-state index in [-0.39, 0.29) is 0 Å². The minimum Gasteiger partial charge on any atom is -0.369 e. The normalized spacial score (nSPS) is 26.7. The summed E-state index contributed by atoms with van der Waals surface area (Å²) < 4.78 is 38.8. The maximum atomic E-state index is 12.9. The fourth-order valence-electron chi connectivity index (χ4n) is 4.59. The summed E-state index contributed by atoms with van der Waals surface area (Å²) in [6.45, 7) is 5.92. The van der Waals surface area contributed by atoms with Crippen molar-refractivity contribution < 1.29 is 13.2 Å². The van der Waals surface area contributed by atoms with E-state index in [2.05, 4.69) is 14.7 Å². The number of halogens is 3. The highest BCUT2D eigenvalue weighted by Gasteiger charge is 2.34. The third-order valence-electron chi connectivity index (χ3n) is 6.39. The van der Waals surface area contributed by atoms with Crippen LogP contribution in [0.3, 0.4) is 0 Å². The van der Waals surface area contributed by atoms with Crippen LogP contribution in [0.2, 0.25) is 0 Å². The molecule has 0 aromatic heterocycles. The van der Waals surface area contributed by atoms with Gasteiger partial charge in [-0.05, 0) is 50.4 Å². The van der Waals surface area contributed by atoms with Crippen molar-refractivity contribution in [2.75, 3.05) is 44.2 Å². The van der Waals surface area contributed by atoms with E-state index in [0.29, 0.717) is 11.7 Å². The molecular formula is C20H28F3N3. The summed E-state index contributed by atoms with van der Waals surface area (Å²) in [6.07, 6.45) is 2.35. The van der Waals surface area contributed by atoms with Crippen LogP contribution < -0.4 is 4.90 Å². The second kappa shape index (κ2) is 7.39. The molecule has 144 valence electrons. The van der Waals surface area contributed by atoms with Gasteiger partial charge in [0.25, 0.3) is 0 Å². The summed E-state index contributed by atoms with van der Waals surface area (Å²) in [6, 6.07) is 7.18. The first kappa shape index (κ1) is 18.1. The van der Waals surface area contributed by atoms with E-state index >= 15 is 0 Å². The Morgan fingerprint density at radius 1 is 0.808 bits per heavy atom. The summed E-state index contributed by atoms with van der Waals surface area (Å²) in [4.78, 5) is 7.34. The third-order valence-corrected chi connectivity index (χ3v) is 6.39. The van der Waals surface area contributed by atoms with Crippen LogP contribution in [0.5, 0.6) is 0 Å². The van der Waals surface area contributed by atoms with E-state index in [9.17, 15) is 13.2 Å². The molecule has 2 heterocycles. The molecule has 3 nitrogen and oxygen atoms in total. The third kappa shape index (κ3) is 3.86. The zero-order chi connectivity index (χ0) is 18.1. The molecule has 1 saturated carbocycles. The standard InChI is InChI=1S/C20H28F3N3/c21-20(22,23)16-4-1-7-18(14-16)24-10-12-25(13-11-24)19-8-3-9-26(15-19)17-5-2-6-17/h1,4,7,14,17,19H,2-3,5-6,8-13,15H2/t19-/m1/s1. The van der Waals surface area contributed by atoms with Crippen molar-refractivity contribution in [2.45, 2.75) is 50.4 Å². The molecule has 2 saturated heterocycles. The molecule has 1 atom stereocenters. The van der Waals surface area contributed by atoms with Crippen LogP contribution >= 0.6 is 0 Å². The predicted octanol–water partition coefficient (Wildman–Crippen LogP) is 3.84. The molecule has 0 radical (unpaired) electrons. The van der Waals surface area contributed by atoms with Crippen LogP contribution in [0, 0.1) is 0 Å². The number of hydrogen-bond acceptors (Lipinski definition) is 3. The van der Waals surface area contributed by atoms with Crippen LogP contribution in [0.4, 0.5) is 18.9 Å². The molecule has 26 heavy (non-hydrogen) atoms. The van der Waals surface area contributed by atoms with Gasteiger partial charge in [0, 0.05) is 50.5 Å². The Bertz CT molecular complexity index is 607. The van der Waals surface area contributed by atoms with Gasteiger partial charge in [0.2, 0.25) is 0 Å². The molecule has 2 aliphatic heterocycles. The number of hydrogen-bond donors (Lipinski definition) is 0. The van der Waals surface area contributed by atoms with Gasteiger partial charge in [0.1, 0.15) is 0 Å². The molecule has 0 bridgehead atoms. The Morgan fingerprint density at radius 3 is 2.19 bits per heavy atom. The number of alkyl halides is 3. The maximum absolute atomic E-state index is 12.9. The Kier molecular flexibility index (Phi) is 5.15. The number of rotatable bonds is 3. The molecule has 3 aliphatic rings. The van der Waals surface area contributed by atoms with E-state index in [4.69, 9.17) is 0 Å². The highest BCUT2D eigenvalue weighted by atomic mass is 19.4. The number of piperidine rings is 1. The average Bonchev–Trinajstić information content (AvgIpc) is 2.60. The molecule has 1 aliphatic carbocycles. The van der Waals surface area contributed by atoms with Gasteiger partial charge >= 0.3 is 6.18 Å². The van der Waals surface area contributed by atoms with E-state index in [0.717, 1.165) is 38.3 Å². The summed E-state index contributed by atoms with van der Waals surface area (Å²) >= 11 is 0. The van der Waals surface area contributed by atoms with Crippen molar-refractivity contribution >= 4 is 5.69 Å². The first-order chi connectivity index (χ1) is 12.5. The van der Waals surface area contributed by atoms with Crippen LogP contribution in [-0.4, -0.2) is 61.2 Å². The monoisotopic (exact) mass is 367 g/mol. The van der Waals surface area contributed by atoms with Crippen molar-refractivity contribution in [3.8, 4) is 0 Å². The number of anilines is 1. The Balaban J connectivity index is 1.34. The first-order valence-corrected chi connectivity index (χ1v) is 9.91. The van der Waals surface area contributed by atoms with Crippen molar-refractivity contribution in [1.29, 1.82) is 0 Å². The van der Waals surface area contributed by atoms with Gasteiger partial charge < -0.3 is 4.90 Å². The van der Waals surface area contributed by atoms with Gasteiger partial charge in [-0.3, -0.25) is 9.80 Å². The largest absolute Gasteiger partial charge is 0.416 e. The fraction of sp³-hybridized carbons (Fsp3) is 0.700. The van der Waals surface area contributed by atoms with Gasteiger partial charge in [-0.1, -0.05) is 12.5 Å². The first-order valence-electron chi connectivity index (χ1n) is 9.91. The molecule has 1 aromatic carbocycles. The van der Waals surface area contributed by atoms with Gasteiger partial charge in [0.15, 0.2) is 0 Å². The van der Waals surface area contributed by atoms with Gasteiger partial charge in [-0.2, -0.15) is 13.2 Å². The summed E-state index contributed by atoms with van der Waals surface area (Å²) in [5.74, 6) is 0. The molecule has 3 fully saturated rings. The van der Waals surface area contributed by atoms with Crippen molar-refractivity contribution in [3.63, 3.8) is 0 Å². The molecule has 0 spiro atoms. The van der Waals surface area contributed by atoms with E-state index < -0.39 is 11.7 Å². The Hall–Kier alpha value is -1.27. The lowest BCUT2D eigenvalue weighted by Crippen LogP contribution is -2.57. The van der Waals surface area contributed by atoms with E-state index in [1.807, 2.05) is 0 Å². The van der Waals surface area contributed by atoms with E-state index in [1.165, 1.54) is 57.3 Å². The minimum atomic E-state index is -4.27. The molecule has 0 amide bonds. The lowest BCUT2D eigenvalue weighted by atomic mass is 9.89. The van der Waals surface area contributed by atoms with Crippen LogP contribution in [-0.2, 0) is 6.18 Å². The predicted molar refractivity (Wildman–Crippen MR) is 97.5 cm³/mol. The van der Waals surface area contributed by atoms with Gasteiger partial charge in [0.05, 0.1) is 5.56 Å². The zero-order valence-corrected chi connectivity index (χ0v) is 15.2. The smallest absolute Gasteiger partial charge is 0.369 e. The molecule has 1 aromatic rings. The van der Waals surface area contributed by atoms with Crippen LogP contribution in [0.15, 0.2) is 24.3 Å². The second-order valence-corrected chi connectivity index (χ2v) is 7.95. The lowest BCUT2D eigenvalue weighted by Gasteiger charge is -2.47. The molecule has 4 rings (SSSR count). The number of benzene rings is 1. The number of piperazine rings is 1. The van der Waals surface area contributed by atoms with Crippen LogP contribution in [0.25, 0.3) is 0 Å². The second-order valence-electron chi connectivity index (χ2n) is 7.95. The van der Waals surface area contributed by atoms with Crippen molar-refractivity contribution in [3.05, 3.63) is 29.8 Å². The average molecular weight is 367 g/mol. The number of nitrogens with zero attached hydrogens (tertiary/aromatic N) is 3. The van der Waals surface area contributed by atoms with Gasteiger partial charge in [-0.25, -0.2) is 0 Å². The van der Waals surface area contributed by atoms with Crippen molar-refractivity contribution in [1.82, 2.24) is 9.80 Å². The highest BCUT2D eigenvalue weighted by Crippen LogP contribution is 2.32.